The van der Waals surface area contributed by atoms with Crippen LogP contribution in [0.5, 0.6) is 5.75 Å². The number of carbonyl (C=O) groups excluding carboxylic acids is 1. The summed E-state index contributed by atoms with van der Waals surface area (Å²) < 4.78 is 36.9. The molecule has 23 heavy (non-hydrogen) atoms. The molecule has 1 aromatic rings. The lowest BCUT2D eigenvalue weighted by Crippen LogP contribution is -2.52. The monoisotopic (exact) mass is 344 g/mol. The van der Waals surface area contributed by atoms with E-state index in [1.165, 1.54) is 31.4 Å². The third-order valence-electron chi connectivity index (χ3n) is 3.57. The molecule has 1 fully saturated rings. The molecule has 1 atom stereocenters. The van der Waals surface area contributed by atoms with Gasteiger partial charge >= 0.3 is 5.97 Å². The van der Waals surface area contributed by atoms with Crippen molar-refractivity contribution in [2.24, 2.45) is 0 Å². The minimum Gasteiger partial charge on any atom is -0.508 e. The van der Waals surface area contributed by atoms with Gasteiger partial charge in [0.15, 0.2) is 0 Å². The molecule has 1 heterocycles. The first-order valence-corrected chi connectivity index (χ1v) is 8.60. The Hall–Kier alpha value is -1.68. The summed E-state index contributed by atoms with van der Waals surface area (Å²) in [5.41, 5.74) is 0. The highest BCUT2D eigenvalue weighted by atomic mass is 32.2. The molecule has 1 saturated heterocycles. The van der Waals surface area contributed by atoms with Gasteiger partial charge in [-0.15, -0.1) is 0 Å². The summed E-state index contributed by atoms with van der Waals surface area (Å²) >= 11 is 0. The van der Waals surface area contributed by atoms with Crippen LogP contribution in [0.15, 0.2) is 29.2 Å². The first kappa shape index (κ1) is 17.7. The van der Waals surface area contributed by atoms with Crippen molar-refractivity contribution in [1.29, 1.82) is 0 Å². The largest absolute Gasteiger partial charge is 0.508 e. The first-order valence-electron chi connectivity index (χ1n) is 7.12. The van der Waals surface area contributed by atoms with Crippen LogP contribution in [0.3, 0.4) is 0 Å². The SMILES string of the molecule is COC(=O)[C@H](CNS(=O)(=O)c1ccc(O)cc1)N1CCOCC1. The molecule has 0 saturated carbocycles. The maximum Gasteiger partial charge on any atom is 0.324 e. The Balaban J connectivity index is 2.07. The fraction of sp³-hybridized carbons (Fsp3) is 0.500. The lowest BCUT2D eigenvalue weighted by Gasteiger charge is -2.32. The van der Waals surface area contributed by atoms with Crippen molar-refractivity contribution in [3.63, 3.8) is 0 Å². The van der Waals surface area contributed by atoms with E-state index in [1.807, 2.05) is 4.90 Å². The van der Waals surface area contributed by atoms with Gasteiger partial charge in [0, 0.05) is 19.6 Å². The minimum absolute atomic E-state index is 0.0147. The molecular formula is C14H20N2O6S. The number of benzene rings is 1. The van der Waals surface area contributed by atoms with Crippen molar-refractivity contribution in [1.82, 2.24) is 9.62 Å². The number of morpholine rings is 1. The van der Waals surface area contributed by atoms with Gasteiger partial charge in [0.1, 0.15) is 11.8 Å². The standard InChI is InChI=1S/C14H20N2O6S/c1-21-14(18)13(16-6-8-22-9-7-16)10-15-23(19,20)12-4-2-11(17)3-5-12/h2-5,13,15,17H,6-10H2,1H3/t13-/m0/s1. The van der Waals surface area contributed by atoms with E-state index in [-0.39, 0.29) is 17.2 Å². The minimum atomic E-state index is -3.78. The Labute approximate surface area is 135 Å². The van der Waals surface area contributed by atoms with E-state index in [0.29, 0.717) is 26.3 Å². The fourth-order valence-corrected chi connectivity index (χ4v) is 3.32. The molecule has 0 aliphatic carbocycles. The average molecular weight is 344 g/mol. The molecule has 8 nitrogen and oxygen atoms in total. The molecule has 2 rings (SSSR count). The second-order valence-corrected chi connectivity index (χ2v) is 6.80. The number of nitrogens with zero attached hydrogens (tertiary/aromatic N) is 1. The molecule has 0 unspecified atom stereocenters. The van der Waals surface area contributed by atoms with E-state index in [1.54, 1.807) is 0 Å². The molecule has 1 aromatic carbocycles. The van der Waals surface area contributed by atoms with Crippen molar-refractivity contribution in [3.8, 4) is 5.75 Å². The van der Waals surface area contributed by atoms with E-state index >= 15 is 0 Å². The highest BCUT2D eigenvalue weighted by Gasteiger charge is 2.29. The topological polar surface area (TPSA) is 105 Å². The number of rotatable bonds is 6. The summed E-state index contributed by atoms with van der Waals surface area (Å²) in [6, 6.07) is 4.44. The summed E-state index contributed by atoms with van der Waals surface area (Å²) in [5.74, 6) is -0.523. The summed E-state index contributed by atoms with van der Waals surface area (Å²) in [6.45, 7) is 1.92. The number of nitrogens with one attached hydrogen (secondary N) is 1. The van der Waals surface area contributed by atoms with Gasteiger partial charge in [-0.2, -0.15) is 0 Å². The number of esters is 1. The molecule has 1 aliphatic heterocycles. The highest BCUT2D eigenvalue weighted by Crippen LogP contribution is 2.14. The number of phenols is 1. The van der Waals surface area contributed by atoms with Crippen molar-refractivity contribution >= 4 is 16.0 Å². The Bertz CT molecular complexity index is 625. The summed E-state index contributed by atoms with van der Waals surface area (Å²) in [4.78, 5) is 13.8. The third kappa shape index (κ3) is 4.64. The number of phenolic OH excluding ortho intramolecular Hbond substituents is 1. The van der Waals surface area contributed by atoms with Crippen molar-refractivity contribution < 1.29 is 27.8 Å². The van der Waals surface area contributed by atoms with Crippen LogP contribution in [0.1, 0.15) is 0 Å². The maximum atomic E-state index is 12.3. The molecular weight excluding hydrogens is 324 g/mol. The molecule has 0 spiro atoms. The van der Waals surface area contributed by atoms with Gasteiger partial charge < -0.3 is 14.6 Å². The highest BCUT2D eigenvalue weighted by molar-refractivity contribution is 7.89. The number of aromatic hydroxyl groups is 1. The number of methoxy groups -OCH3 is 1. The zero-order chi connectivity index (χ0) is 16.9. The third-order valence-corrected chi connectivity index (χ3v) is 5.01. The van der Waals surface area contributed by atoms with E-state index in [9.17, 15) is 18.3 Å². The van der Waals surface area contributed by atoms with Crippen molar-refractivity contribution in [3.05, 3.63) is 24.3 Å². The van der Waals surface area contributed by atoms with Gasteiger partial charge in [-0.3, -0.25) is 9.69 Å². The normalized spacial score (nSPS) is 17.6. The predicted octanol–water partition coefficient (Wildman–Crippen LogP) is -0.456. The van der Waals surface area contributed by atoms with Gasteiger partial charge in [-0.25, -0.2) is 13.1 Å². The van der Waals surface area contributed by atoms with Crippen LogP contribution in [-0.4, -0.2) is 70.4 Å². The Kier molecular flexibility index (Phi) is 5.94. The quantitative estimate of drug-likeness (QED) is 0.673. The van der Waals surface area contributed by atoms with Crippen LogP contribution in [0.4, 0.5) is 0 Å². The molecule has 0 aromatic heterocycles. The fourth-order valence-electron chi connectivity index (χ4n) is 2.28. The van der Waals surface area contributed by atoms with Crippen LogP contribution in [0, 0.1) is 0 Å². The number of carbonyl (C=O) groups is 1. The molecule has 9 heteroatoms. The van der Waals surface area contributed by atoms with Crippen molar-refractivity contribution in [2.75, 3.05) is 40.0 Å². The smallest absolute Gasteiger partial charge is 0.324 e. The van der Waals surface area contributed by atoms with Gasteiger partial charge in [0.25, 0.3) is 0 Å². The molecule has 0 radical (unpaired) electrons. The molecule has 2 N–H and O–H groups in total. The second kappa shape index (κ2) is 7.73. The molecule has 128 valence electrons. The van der Waals surface area contributed by atoms with Gasteiger partial charge in [0.2, 0.25) is 10.0 Å². The van der Waals surface area contributed by atoms with Crippen LogP contribution < -0.4 is 4.72 Å². The van der Waals surface area contributed by atoms with Crippen LogP contribution in [0.2, 0.25) is 0 Å². The van der Waals surface area contributed by atoms with E-state index in [2.05, 4.69) is 4.72 Å². The summed E-state index contributed by atoms with van der Waals surface area (Å²) in [7, 11) is -2.51. The van der Waals surface area contributed by atoms with E-state index in [0.717, 1.165) is 0 Å². The second-order valence-electron chi connectivity index (χ2n) is 5.03. The molecule has 0 amide bonds. The Morgan fingerprint density at radius 1 is 1.35 bits per heavy atom. The lowest BCUT2D eigenvalue weighted by atomic mass is 10.2. The van der Waals surface area contributed by atoms with Crippen LogP contribution >= 0.6 is 0 Å². The Morgan fingerprint density at radius 2 is 1.96 bits per heavy atom. The predicted molar refractivity (Wildman–Crippen MR) is 81.5 cm³/mol. The maximum absolute atomic E-state index is 12.3. The Morgan fingerprint density at radius 3 is 2.52 bits per heavy atom. The zero-order valence-electron chi connectivity index (χ0n) is 12.8. The number of hydrogen-bond donors (Lipinski definition) is 2. The molecule has 0 bridgehead atoms. The van der Waals surface area contributed by atoms with E-state index in [4.69, 9.17) is 9.47 Å². The summed E-state index contributed by atoms with van der Waals surface area (Å²) in [5, 5.41) is 9.22. The van der Waals surface area contributed by atoms with Gasteiger partial charge in [-0.1, -0.05) is 0 Å². The first-order chi connectivity index (χ1) is 10.9. The lowest BCUT2D eigenvalue weighted by molar-refractivity contribution is -0.148. The van der Waals surface area contributed by atoms with Crippen LogP contribution in [-0.2, 0) is 24.3 Å². The van der Waals surface area contributed by atoms with Gasteiger partial charge in [-0.05, 0) is 24.3 Å². The zero-order valence-corrected chi connectivity index (χ0v) is 13.6. The average Bonchev–Trinajstić information content (AvgIpc) is 2.56. The van der Waals surface area contributed by atoms with E-state index < -0.39 is 22.0 Å². The number of ether oxygens (including phenoxy) is 2. The number of hydrogen-bond acceptors (Lipinski definition) is 7. The van der Waals surface area contributed by atoms with Gasteiger partial charge in [0.05, 0.1) is 25.2 Å². The van der Waals surface area contributed by atoms with Crippen molar-refractivity contribution in [2.45, 2.75) is 10.9 Å². The molecule has 1 aliphatic rings. The summed E-state index contributed by atoms with van der Waals surface area (Å²) in [6.07, 6.45) is 0. The number of sulfonamides is 1. The van der Waals surface area contributed by atoms with Crippen LogP contribution in [0.25, 0.3) is 0 Å².